The minimum absolute atomic E-state index is 0.321. The second kappa shape index (κ2) is 36.4. The predicted octanol–water partition coefficient (Wildman–Crippen LogP) is 36.5. The summed E-state index contributed by atoms with van der Waals surface area (Å²) in [5.74, 6) is 0.685. The first-order valence-electron chi connectivity index (χ1n) is 47.5. The molecular formula is C130H90F6N4O3. The van der Waals surface area contributed by atoms with Gasteiger partial charge in [0.25, 0.3) is 0 Å². The first-order chi connectivity index (χ1) is 69.8. The van der Waals surface area contributed by atoms with Gasteiger partial charge in [0.05, 0.1) is 10.8 Å². The molecular weight excluding hydrogens is 1780 g/mol. The number of nitrogens with zero attached hydrogens (tertiary/aromatic N) is 4. The Balaban J connectivity index is 0.546. The third-order valence-corrected chi connectivity index (χ3v) is 28.1. The van der Waals surface area contributed by atoms with Crippen molar-refractivity contribution >= 4 is 102 Å². The summed E-state index contributed by atoms with van der Waals surface area (Å²) in [7, 11) is 0. The highest BCUT2D eigenvalue weighted by Gasteiger charge is 2.49. The first-order valence-corrected chi connectivity index (χ1v) is 47.5. The van der Waals surface area contributed by atoms with E-state index in [-0.39, 0.29) is 34.9 Å². The molecule has 7 nitrogen and oxygen atoms in total. The molecule has 13 heteroatoms. The standard InChI is InChI=1S/C130H90F6N4O3/c1-7-85-17-57-109(58-18-85)141-111-61-33-93(34-62-111)129(91-29-37-95(131)38-30-91)119-15-11-9-13-113(119)115-65-49-105(77-121(115)129)137(101-53-69-123(133)81(3)73-101)97-41-21-87(22-42-97)89-25-45-99(46-26-89)139(103-55-71-125(135)83(5)75-103)107-51-67-117-118-68-52-108(80-128(118)143-127(117)79-107)140(104-56-72-126(136)84(6)76-104)100-47-27-90(28-48-100)88-23-43-98(44-24-88)138(102-54-70-124(134)82(4)74-102)106-50-66-116-114-14-10-12-16-120(114)130(122(116)78-106,92-31-39-96(132)40-32-92)94-35-63-112(64-36-94)142-110-59-19-86(8-2)20-60-110/h7-80H,1-2H2,3-6H3. The van der Waals surface area contributed by atoms with Crippen molar-refractivity contribution in [3.05, 3.63) is 563 Å². The average Bonchev–Trinajstić information content (AvgIpc) is 1.54. The summed E-state index contributed by atoms with van der Waals surface area (Å²) in [5.41, 5.74) is 28.3. The molecule has 0 amide bonds. The van der Waals surface area contributed by atoms with Crippen molar-refractivity contribution in [3.8, 4) is 67.5 Å². The molecule has 0 saturated heterocycles. The van der Waals surface area contributed by atoms with Crippen LogP contribution in [0.25, 0.3) is 78.6 Å². The average molecular weight is 1870 g/mol. The van der Waals surface area contributed by atoms with Crippen LogP contribution < -0.4 is 29.1 Å². The topological polar surface area (TPSA) is 44.6 Å². The zero-order valence-corrected chi connectivity index (χ0v) is 78.4. The lowest BCUT2D eigenvalue weighted by molar-refractivity contribution is 0.482. The van der Waals surface area contributed by atoms with E-state index in [0.717, 1.165) is 179 Å². The van der Waals surface area contributed by atoms with E-state index in [2.05, 4.69) is 239 Å². The number of fused-ring (bicyclic) bond motifs is 9. The second-order valence-electron chi connectivity index (χ2n) is 36.6. The minimum Gasteiger partial charge on any atom is -0.457 e. The van der Waals surface area contributed by atoms with E-state index in [9.17, 15) is 0 Å². The zero-order chi connectivity index (χ0) is 97.5. The minimum atomic E-state index is -0.928. The van der Waals surface area contributed by atoms with Crippen LogP contribution in [0.15, 0.2) is 454 Å². The number of benzene rings is 20. The molecule has 0 spiro atoms. The Bertz CT molecular complexity index is 8030. The number of anilines is 12. The van der Waals surface area contributed by atoms with Crippen LogP contribution in [0.4, 0.5) is 94.6 Å². The van der Waals surface area contributed by atoms with E-state index in [4.69, 9.17) is 13.9 Å². The Hall–Kier alpha value is -17.9. The molecule has 2 unspecified atom stereocenters. The fourth-order valence-electron chi connectivity index (χ4n) is 21.1. The van der Waals surface area contributed by atoms with Crippen molar-refractivity contribution < 1.29 is 40.2 Å². The number of rotatable bonds is 24. The van der Waals surface area contributed by atoms with Crippen LogP contribution in [0.1, 0.15) is 77.9 Å². The highest BCUT2D eigenvalue weighted by Crippen LogP contribution is 2.61. The molecule has 143 heavy (non-hydrogen) atoms. The molecule has 0 radical (unpaired) electrons. The summed E-state index contributed by atoms with van der Waals surface area (Å²) in [4.78, 5) is 8.48. The van der Waals surface area contributed by atoms with Crippen molar-refractivity contribution in [2.75, 3.05) is 19.6 Å². The maximum atomic E-state index is 15.5. The third-order valence-electron chi connectivity index (χ3n) is 28.1. The molecule has 0 fully saturated rings. The molecule has 20 aromatic carbocycles. The fraction of sp³-hybridized carbons (Fsp3) is 0.0462. The van der Waals surface area contributed by atoms with Gasteiger partial charge in [0.2, 0.25) is 0 Å². The van der Waals surface area contributed by atoms with Gasteiger partial charge < -0.3 is 33.5 Å². The molecule has 0 N–H and O–H groups in total. The van der Waals surface area contributed by atoms with Crippen LogP contribution in [0.5, 0.6) is 23.0 Å². The number of furan rings is 1. The molecule has 690 valence electrons. The van der Waals surface area contributed by atoms with Gasteiger partial charge in [0, 0.05) is 91.2 Å². The Kier molecular flexibility index (Phi) is 22.7. The van der Waals surface area contributed by atoms with Gasteiger partial charge in [-0.1, -0.05) is 207 Å². The van der Waals surface area contributed by atoms with Gasteiger partial charge in [-0.2, -0.15) is 0 Å². The number of halogens is 6. The predicted molar refractivity (Wildman–Crippen MR) is 570 cm³/mol. The number of ether oxygens (including phenoxy) is 2. The molecule has 23 rings (SSSR count). The zero-order valence-electron chi connectivity index (χ0n) is 78.4. The van der Waals surface area contributed by atoms with Gasteiger partial charge in [-0.05, 0) is 393 Å². The van der Waals surface area contributed by atoms with Gasteiger partial charge >= 0.3 is 0 Å². The summed E-state index contributed by atoms with van der Waals surface area (Å²) >= 11 is 0. The van der Waals surface area contributed by atoms with E-state index in [1.807, 2.05) is 158 Å². The largest absolute Gasteiger partial charge is 0.457 e. The lowest BCUT2D eigenvalue weighted by Gasteiger charge is -2.35. The smallest absolute Gasteiger partial charge is 0.137 e. The molecule has 1 heterocycles. The van der Waals surface area contributed by atoms with Crippen LogP contribution in [-0.4, -0.2) is 0 Å². The third kappa shape index (κ3) is 16.0. The van der Waals surface area contributed by atoms with Crippen molar-refractivity contribution in [3.63, 3.8) is 0 Å². The molecule has 2 atom stereocenters. The molecule has 21 aromatic rings. The molecule has 0 bridgehead atoms. The monoisotopic (exact) mass is 1870 g/mol. The molecule has 0 saturated carbocycles. The quantitative estimate of drug-likeness (QED) is 0.0559. The van der Waals surface area contributed by atoms with Crippen LogP contribution in [0.3, 0.4) is 0 Å². The van der Waals surface area contributed by atoms with E-state index in [1.54, 1.807) is 64.1 Å². The SMILES string of the molecule is C=Cc1ccc(Oc2ccc(C3(c4ccc(F)cc4)c4ccccc4-c4ccc(N(c5ccc(-c6ccc(N(c7ccc(F)c(C)c7)c7ccc8c(c7)oc7cc(N(c9ccc(-c%10ccc(N(c%11ccc(F)c(C)c%11)c%11ccc%12c(c%11)C(c%11ccc(F)cc%11)(c%11ccc(Oc%13ccc(C=C)cc%13)cc%11)c%11ccccc%11-%12)cc%10)cc9)c9ccc(F)c(C)c9)ccc78)cc6)cc5)c5ccc(F)c(C)c5)cc43)cc2)cc1. The molecule has 0 aliphatic heterocycles. The Morgan fingerprint density at radius 1 is 0.231 bits per heavy atom. The normalized spacial score (nSPS) is 13.8. The van der Waals surface area contributed by atoms with Gasteiger partial charge in [-0.25, -0.2) is 26.3 Å². The fourth-order valence-corrected chi connectivity index (χ4v) is 21.1. The maximum Gasteiger partial charge on any atom is 0.137 e. The summed E-state index contributed by atoms with van der Waals surface area (Å²) in [5, 5.41) is 1.76. The van der Waals surface area contributed by atoms with Crippen molar-refractivity contribution in [2.45, 2.75) is 38.5 Å². The summed E-state index contributed by atoms with van der Waals surface area (Å²) in [6.07, 6.45) is 3.59. The van der Waals surface area contributed by atoms with Crippen molar-refractivity contribution in [1.82, 2.24) is 0 Å². The molecule has 2 aliphatic rings. The first kappa shape index (κ1) is 89.0. The lowest BCUT2D eigenvalue weighted by Crippen LogP contribution is -2.29. The molecule has 1 aromatic heterocycles. The lowest BCUT2D eigenvalue weighted by atomic mass is 9.67. The van der Waals surface area contributed by atoms with Gasteiger partial charge in [-0.3, -0.25) is 0 Å². The number of aryl methyl sites for hydroxylation is 4. The maximum absolute atomic E-state index is 15.5. The number of hydrogen-bond acceptors (Lipinski definition) is 7. The molecule has 2 aliphatic carbocycles. The van der Waals surface area contributed by atoms with Crippen LogP contribution in [0.2, 0.25) is 0 Å². The van der Waals surface area contributed by atoms with Crippen molar-refractivity contribution in [1.29, 1.82) is 0 Å². The Morgan fingerprint density at radius 2 is 0.469 bits per heavy atom. The Morgan fingerprint density at radius 3 is 0.755 bits per heavy atom. The highest BCUT2D eigenvalue weighted by molar-refractivity contribution is 6.08. The summed E-state index contributed by atoms with van der Waals surface area (Å²) in [6.45, 7) is 14.9. The number of hydrogen-bond donors (Lipinski definition) is 0. The van der Waals surface area contributed by atoms with Crippen molar-refractivity contribution in [2.24, 2.45) is 0 Å². The Labute approximate surface area is 825 Å². The van der Waals surface area contributed by atoms with E-state index in [0.29, 0.717) is 56.4 Å². The van der Waals surface area contributed by atoms with Crippen LogP contribution in [-0.2, 0) is 10.8 Å². The van der Waals surface area contributed by atoms with Gasteiger partial charge in [-0.15, -0.1) is 0 Å². The summed E-state index contributed by atoms with van der Waals surface area (Å²) < 4.78 is 112. The second-order valence-corrected chi connectivity index (χ2v) is 36.6. The van der Waals surface area contributed by atoms with Crippen LogP contribution in [0, 0.1) is 62.6 Å². The van der Waals surface area contributed by atoms with Crippen LogP contribution >= 0.6 is 0 Å². The van der Waals surface area contributed by atoms with Gasteiger partial charge in [0.15, 0.2) is 0 Å². The van der Waals surface area contributed by atoms with E-state index in [1.165, 1.54) is 48.5 Å². The summed E-state index contributed by atoms with van der Waals surface area (Å²) in [6, 6.07) is 141. The highest BCUT2D eigenvalue weighted by atomic mass is 19.1. The van der Waals surface area contributed by atoms with E-state index < -0.39 is 10.8 Å². The van der Waals surface area contributed by atoms with Gasteiger partial charge in [0.1, 0.15) is 69.1 Å². The van der Waals surface area contributed by atoms with E-state index >= 15 is 26.3 Å².